The topological polar surface area (TPSA) is 46.0 Å². The Kier molecular flexibility index (Phi) is 3.47. The van der Waals surface area contributed by atoms with Crippen molar-refractivity contribution in [2.45, 2.75) is 6.18 Å². The lowest BCUT2D eigenvalue weighted by Gasteiger charge is -2.03. The number of H-pyrrole nitrogens is 1. The third-order valence-electron chi connectivity index (χ3n) is 2.10. The highest BCUT2D eigenvalue weighted by Crippen LogP contribution is 2.27. The summed E-state index contributed by atoms with van der Waals surface area (Å²) >= 11 is 4.65. The number of hydrogen-bond acceptors (Lipinski definition) is 3. The Morgan fingerprint density at radius 2 is 1.89 bits per heavy atom. The van der Waals surface area contributed by atoms with Gasteiger partial charge in [0.2, 0.25) is 4.77 Å². The average molecular weight is 290 g/mol. The minimum Gasteiger partial charge on any atom is -0.250 e. The van der Waals surface area contributed by atoms with Crippen LogP contribution in [0.3, 0.4) is 0 Å². The van der Waals surface area contributed by atoms with Crippen LogP contribution in [0.4, 0.5) is 17.6 Å². The molecule has 0 aliphatic rings. The van der Waals surface area contributed by atoms with Crippen molar-refractivity contribution in [3.63, 3.8) is 0 Å². The van der Waals surface area contributed by atoms with Crippen molar-refractivity contribution in [1.82, 2.24) is 14.9 Å². The molecule has 0 saturated carbocycles. The van der Waals surface area contributed by atoms with Gasteiger partial charge in [0, 0.05) is 0 Å². The first-order valence-corrected chi connectivity index (χ1v) is 5.33. The molecular weight excluding hydrogens is 284 g/mol. The molecular formula is C10H6F4N4S. The summed E-state index contributed by atoms with van der Waals surface area (Å²) in [5, 5.41) is 8.66. The first-order valence-electron chi connectivity index (χ1n) is 4.92. The lowest BCUT2D eigenvalue weighted by atomic mass is 10.2. The van der Waals surface area contributed by atoms with Crippen molar-refractivity contribution in [2.75, 3.05) is 0 Å². The van der Waals surface area contributed by atoms with Crippen molar-refractivity contribution in [3.05, 3.63) is 46.2 Å². The number of nitrogens with one attached hydrogen (secondary N) is 1. The van der Waals surface area contributed by atoms with E-state index in [9.17, 15) is 17.6 Å². The van der Waals surface area contributed by atoms with Crippen LogP contribution in [0.15, 0.2) is 29.4 Å². The SMILES string of the molecule is Fc1ccc(/C=N/n2c(C(F)(F)F)n[nH]c2=S)cc1. The Bertz CT molecular complexity index is 653. The second kappa shape index (κ2) is 4.92. The molecule has 4 nitrogen and oxygen atoms in total. The highest BCUT2D eigenvalue weighted by Gasteiger charge is 2.37. The van der Waals surface area contributed by atoms with Gasteiger partial charge in [-0.25, -0.2) is 9.49 Å². The molecule has 1 aromatic heterocycles. The van der Waals surface area contributed by atoms with Gasteiger partial charge in [0.05, 0.1) is 6.21 Å². The number of benzene rings is 1. The van der Waals surface area contributed by atoms with Crippen LogP contribution in [0.2, 0.25) is 0 Å². The van der Waals surface area contributed by atoms with Gasteiger partial charge in [-0.3, -0.25) is 0 Å². The third kappa shape index (κ3) is 3.05. The van der Waals surface area contributed by atoms with Gasteiger partial charge < -0.3 is 0 Å². The smallest absolute Gasteiger partial charge is 0.250 e. The van der Waals surface area contributed by atoms with Crippen molar-refractivity contribution in [3.8, 4) is 0 Å². The molecule has 2 aromatic rings. The van der Waals surface area contributed by atoms with E-state index < -0.39 is 17.8 Å². The quantitative estimate of drug-likeness (QED) is 0.525. The van der Waals surface area contributed by atoms with Gasteiger partial charge >= 0.3 is 6.18 Å². The zero-order chi connectivity index (χ0) is 14.0. The maximum absolute atomic E-state index is 12.7. The van der Waals surface area contributed by atoms with Crippen LogP contribution in [0.25, 0.3) is 0 Å². The van der Waals surface area contributed by atoms with Crippen LogP contribution in [-0.2, 0) is 6.18 Å². The Hall–Kier alpha value is -2.03. The standard InChI is InChI=1S/C10H6F4N4S/c11-7-3-1-6(2-4-7)5-15-18-8(10(12,13)14)16-17-9(18)19/h1-5H,(H,17,19)/b15-5+. The predicted octanol–water partition coefficient (Wildman–Crippen LogP) is 2.98. The van der Waals surface area contributed by atoms with E-state index in [2.05, 4.69) is 22.4 Å². The molecule has 0 aliphatic heterocycles. The number of rotatable bonds is 2. The van der Waals surface area contributed by atoms with Gasteiger partial charge in [0.25, 0.3) is 5.82 Å². The van der Waals surface area contributed by atoms with Gasteiger partial charge in [0.15, 0.2) is 0 Å². The Labute approximate surface area is 109 Å². The molecule has 2 rings (SSSR count). The van der Waals surface area contributed by atoms with Crippen LogP contribution in [0.5, 0.6) is 0 Å². The highest BCUT2D eigenvalue weighted by atomic mass is 32.1. The van der Waals surface area contributed by atoms with Crippen molar-refractivity contribution in [1.29, 1.82) is 0 Å². The molecule has 0 fully saturated rings. The van der Waals surface area contributed by atoms with Crippen LogP contribution in [0.1, 0.15) is 11.4 Å². The summed E-state index contributed by atoms with van der Waals surface area (Å²) < 4.78 is 50.5. The molecule has 0 radical (unpaired) electrons. The van der Waals surface area contributed by atoms with Gasteiger partial charge in [-0.05, 0) is 29.9 Å². The minimum absolute atomic E-state index is 0.286. The maximum atomic E-state index is 12.7. The summed E-state index contributed by atoms with van der Waals surface area (Å²) in [5.74, 6) is -1.70. The number of hydrogen-bond donors (Lipinski definition) is 1. The maximum Gasteiger partial charge on any atom is 0.453 e. The number of halogens is 4. The van der Waals surface area contributed by atoms with Gasteiger partial charge in [-0.2, -0.15) is 22.9 Å². The monoisotopic (exact) mass is 290 g/mol. The lowest BCUT2D eigenvalue weighted by molar-refractivity contribution is -0.147. The van der Waals surface area contributed by atoms with E-state index in [4.69, 9.17) is 0 Å². The van der Waals surface area contributed by atoms with Gasteiger partial charge in [-0.1, -0.05) is 12.1 Å². The molecule has 19 heavy (non-hydrogen) atoms. The second-order valence-corrected chi connectivity index (χ2v) is 3.84. The molecule has 1 aromatic carbocycles. The average Bonchev–Trinajstić information content (AvgIpc) is 2.70. The fraction of sp³-hybridized carbons (Fsp3) is 0.100. The fourth-order valence-electron chi connectivity index (χ4n) is 1.26. The van der Waals surface area contributed by atoms with E-state index in [1.165, 1.54) is 24.3 Å². The molecule has 0 amide bonds. The predicted molar refractivity (Wildman–Crippen MR) is 61.8 cm³/mol. The zero-order valence-corrected chi connectivity index (χ0v) is 9.96. The van der Waals surface area contributed by atoms with Crippen molar-refractivity contribution in [2.24, 2.45) is 5.10 Å². The van der Waals surface area contributed by atoms with E-state index in [1.807, 2.05) is 5.10 Å². The molecule has 0 saturated heterocycles. The Morgan fingerprint density at radius 3 is 2.47 bits per heavy atom. The molecule has 0 unspecified atom stereocenters. The molecule has 0 spiro atoms. The molecule has 1 N–H and O–H groups in total. The van der Waals surface area contributed by atoms with Gasteiger partial charge in [0.1, 0.15) is 5.82 Å². The molecule has 0 aliphatic carbocycles. The zero-order valence-electron chi connectivity index (χ0n) is 9.15. The van der Waals surface area contributed by atoms with E-state index in [0.717, 1.165) is 6.21 Å². The second-order valence-electron chi connectivity index (χ2n) is 3.46. The lowest BCUT2D eigenvalue weighted by Crippen LogP contribution is -2.12. The summed E-state index contributed by atoms with van der Waals surface area (Å²) in [5.41, 5.74) is 0.428. The summed E-state index contributed by atoms with van der Waals surface area (Å²) in [7, 11) is 0. The summed E-state index contributed by atoms with van der Waals surface area (Å²) in [4.78, 5) is 0. The van der Waals surface area contributed by atoms with E-state index >= 15 is 0 Å². The summed E-state index contributed by atoms with van der Waals surface area (Å²) in [6, 6.07) is 5.08. The number of nitrogens with zero attached hydrogens (tertiary/aromatic N) is 3. The summed E-state index contributed by atoms with van der Waals surface area (Å²) in [6.07, 6.45) is -3.55. The molecule has 0 bridgehead atoms. The van der Waals surface area contributed by atoms with Crippen LogP contribution < -0.4 is 0 Å². The normalized spacial score (nSPS) is 12.2. The van der Waals surface area contributed by atoms with E-state index in [1.54, 1.807) is 0 Å². The summed E-state index contributed by atoms with van der Waals surface area (Å²) in [6.45, 7) is 0. The van der Waals surface area contributed by atoms with Crippen LogP contribution in [-0.4, -0.2) is 21.1 Å². The number of aromatic amines is 1. The Balaban J connectivity index is 2.36. The first-order chi connectivity index (χ1) is 8.88. The van der Waals surface area contributed by atoms with E-state index in [-0.39, 0.29) is 4.77 Å². The first kappa shape index (κ1) is 13.4. The number of alkyl halides is 3. The highest BCUT2D eigenvalue weighted by molar-refractivity contribution is 7.71. The van der Waals surface area contributed by atoms with Crippen LogP contribution in [0, 0.1) is 10.6 Å². The molecule has 0 atom stereocenters. The van der Waals surface area contributed by atoms with Crippen molar-refractivity contribution >= 4 is 18.4 Å². The molecule has 100 valence electrons. The minimum atomic E-state index is -4.67. The van der Waals surface area contributed by atoms with Crippen LogP contribution >= 0.6 is 12.2 Å². The van der Waals surface area contributed by atoms with E-state index in [0.29, 0.717) is 10.2 Å². The Morgan fingerprint density at radius 1 is 1.26 bits per heavy atom. The largest absolute Gasteiger partial charge is 0.453 e. The fourth-order valence-corrected chi connectivity index (χ4v) is 1.43. The van der Waals surface area contributed by atoms with Gasteiger partial charge in [-0.15, -0.1) is 5.10 Å². The molecule has 1 heterocycles. The third-order valence-corrected chi connectivity index (χ3v) is 2.36. The van der Waals surface area contributed by atoms with Crippen molar-refractivity contribution < 1.29 is 17.6 Å². The number of aromatic nitrogens is 3. The molecule has 9 heteroatoms.